The van der Waals surface area contributed by atoms with Crippen LogP contribution in [0.5, 0.6) is 0 Å². The number of rotatable bonds is 4. The molecule has 92 valence electrons. The van der Waals surface area contributed by atoms with Gasteiger partial charge in [0.15, 0.2) is 0 Å². The molecule has 0 saturated carbocycles. The van der Waals surface area contributed by atoms with E-state index in [4.69, 9.17) is 5.73 Å². The van der Waals surface area contributed by atoms with Gasteiger partial charge in [0.1, 0.15) is 6.04 Å². The maximum atomic E-state index is 13.4. The van der Waals surface area contributed by atoms with E-state index in [1.165, 1.54) is 13.0 Å². The van der Waals surface area contributed by atoms with Crippen molar-refractivity contribution in [2.24, 2.45) is 5.73 Å². The van der Waals surface area contributed by atoms with Gasteiger partial charge in [-0.25, -0.2) is 4.79 Å². The van der Waals surface area contributed by atoms with Crippen molar-refractivity contribution in [1.82, 2.24) is 0 Å². The van der Waals surface area contributed by atoms with Crippen LogP contribution in [0.4, 0.5) is 8.78 Å². The van der Waals surface area contributed by atoms with Gasteiger partial charge in [-0.05, 0) is 18.4 Å². The van der Waals surface area contributed by atoms with Gasteiger partial charge in [0, 0.05) is 4.88 Å². The number of hydrogen-bond donors (Lipinski definition) is 1. The van der Waals surface area contributed by atoms with Crippen LogP contribution in [0.25, 0.3) is 0 Å². The lowest BCUT2D eigenvalue weighted by molar-refractivity contribution is -0.174. The SMILES string of the molecule is CCOC(=O)C(F)(F)[C@@H](N)c1cccs1.Cl. The highest BCUT2D eigenvalue weighted by Gasteiger charge is 2.48. The highest BCUT2D eigenvalue weighted by Crippen LogP contribution is 2.32. The average molecular weight is 272 g/mol. The van der Waals surface area contributed by atoms with Gasteiger partial charge in [-0.1, -0.05) is 6.07 Å². The Morgan fingerprint density at radius 1 is 1.69 bits per heavy atom. The lowest BCUT2D eigenvalue weighted by Gasteiger charge is -2.20. The van der Waals surface area contributed by atoms with E-state index in [1.807, 2.05) is 0 Å². The highest BCUT2D eigenvalue weighted by atomic mass is 35.5. The predicted octanol–water partition coefficient (Wildman–Crippen LogP) is 2.37. The molecule has 0 unspecified atom stereocenters. The van der Waals surface area contributed by atoms with Gasteiger partial charge in [0.05, 0.1) is 6.61 Å². The number of nitrogens with two attached hydrogens (primary N) is 1. The zero-order chi connectivity index (χ0) is 11.5. The molecule has 3 nitrogen and oxygen atoms in total. The van der Waals surface area contributed by atoms with Gasteiger partial charge in [0.2, 0.25) is 0 Å². The number of carbonyl (C=O) groups is 1. The van der Waals surface area contributed by atoms with Crippen LogP contribution in [0, 0.1) is 0 Å². The number of hydrogen-bond acceptors (Lipinski definition) is 4. The molecule has 16 heavy (non-hydrogen) atoms. The van der Waals surface area contributed by atoms with Crippen molar-refractivity contribution in [3.8, 4) is 0 Å². The zero-order valence-electron chi connectivity index (χ0n) is 8.48. The molecule has 0 aliphatic rings. The summed E-state index contributed by atoms with van der Waals surface area (Å²) in [5.74, 6) is -5.26. The molecule has 0 amide bonds. The second-order valence-corrected chi connectivity index (χ2v) is 3.82. The second kappa shape index (κ2) is 6.12. The van der Waals surface area contributed by atoms with Crippen molar-refractivity contribution in [2.75, 3.05) is 6.61 Å². The molecule has 1 atom stereocenters. The smallest absolute Gasteiger partial charge is 0.379 e. The molecule has 0 aliphatic carbocycles. The molecule has 1 heterocycles. The summed E-state index contributed by atoms with van der Waals surface area (Å²) in [5.41, 5.74) is 5.31. The molecule has 0 fully saturated rings. The standard InChI is InChI=1S/C9H11F2NO2S.ClH/c1-2-14-8(13)9(10,11)7(12)6-4-3-5-15-6;/h3-5,7H,2,12H2,1H3;1H/t7-;/m0./s1. The second-order valence-electron chi connectivity index (χ2n) is 2.84. The minimum atomic E-state index is -3.68. The fourth-order valence-electron chi connectivity index (χ4n) is 1.00. The first-order chi connectivity index (χ1) is 7.00. The zero-order valence-corrected chi connectivity index (χ0v) is 10.1. The minimum Gasteiger partial charge on any atom is -0.462 e. The Balaban J connectivity index is 0.00000225. The summed E-state index contributed by atoms with van der Waals surface area (Å²) in [5, 5.41) is 1.62. The molecule has 1 rings (SSSR count). The fraction of sp³-hybridized carbons (Fsp3) is 0.444. The molecular weight excluding hydrogens is 260 g/mol. The van der Waals surface area contributed by atoms with Crippen LogP contribution in [0.1, 0.15) is 17.8 Å². The molecule has 7 heteroatoms. The van der Waals surface area contributed by atoms with Crippen LogP contribution in [-0.4, -0.2) is 18.5 Å². The summed E-state index contributed by atoms with van der Waals surface area (Å²) in [4.78, 5) is 11.2. The third kappa shape index (κ3) is 3.13. The van der Waals surface area contributed by atoms with E-state index in [0.717, 1.165) is 11.3 Å². The molecule has 0 bridgehead atoms. The Morgan fingerprint density at radius 2 is 2.31 bits per heavy atom. The predicted molar refractivity (Wildman–Crippen MR) is 60.1 cm³/mol. The fourth-order valence-corrected chi connectivity index (χ4v) is 1.77. The van der Waals surface area contributed by atoms with Gasteiger partial charge < -0.3 is 10.5 Å². The summed E-state index contributed by atoms with van der Waals surface area (Å²) in [6.45, 7) is 1.37. The van der Waals surface area contributed by atoms with E-state index in [1.54, 1.807) is 11.4 Å². The lowest BCUT2D eigenvalue weighted by atomic mass is 10.1. The third-order valence-corrected chi connectivity index (χ3v) is 2.74. The quantitative estimate of drug-likeness (QED) is 0.856. The molecule has 1 aromatic rings. The Hall–Kier alpha value is -0.720. The third-order valence-electron chi connectivity index (χ3n) is 1.79. The summed E-state index contributed by atoms with van der Waals surface area (Å²) in [6.07, 6.45) is 0. The molecular formula is C9H12ClF2NO2S. The van der Waals surface area contributed by atoms with Gasteiger partial charge >= 0.3 is 11.9 Å². The van der Waals surface area contributed by atoms with Gasteiger partial charge in [-0.3, -0.25) is 0 Å². The van der Waals surface area contributed by atoms with Gasteiger partial charge in [-0.15, -0.1) is 23.7 Å². The Bertz CT molecular complexity index is 332. The molecule has 0 aromatic carbocycles. The summed E-state index contributed by atoms with van der Waals surface area (Å²) in [6, 6.07) is 1.42. The van der Waals surface area contributed by atoms with E-state index in [9.17, 15) is 13.6 Å². The first-order valence-electron chi connectivity index (χ1n) is 4.34. The van der Waals surface area contributed by atoms with E-state index in [2.05, 4.69) is 4.74 Å². The van der Waals surface area contributed by atoms with Crippen molar-refractivity contribution in [1.29, 1.82) is 0 Å². The largest absolute Gasteiger partial charge is 0.462 e. The van der Waals surface area contributed by atoms with Gasteiger partial charge in [0.25, 0.3) is 0 Å². The first kappa shape index (κ1) is 15.3. The Kier molecular flexibility index (Phi) is 5.85. The van der Waals surface area contributed by atoms with E-state index >= 15 is 0 Å². The molecule has 0 aliphatic heterocycles. The number of thiophene rings is 1. The van der Waals surface area contributed by atoms with Crippen LogP contribution in [-0.2, 0) is 9.53 Å². The molecule has 1 aromatic heterocycles. The van der Waals surface area contributed by atoms with E-state index in [0.29, 0.717) is 0 Å². The number of carbonyl (C=O) groups excluding carboxylic acids is 1. The van der Waals surface area contributed by atoms with E-state index < -0.39 is 17.9 Å². The first-order valence-corrected chi connectivity index (χ1v) is 5.22. The van der Waals surface area contributed by atoms with Crippen molar-refractivity contribution in [3.05, 3.63) is 22.4 Å². The Labute approximate surface area is 102 Å². The number of halogens is 3. The maximum Gasteiger partial charge on any atom is 0.379 e. The highest BCUT2D eigenvalue weighted by molar-refractivity contribution is 7.10. The van der Waals surface area contributed by atoms with Crippen LogP contribution in [0.15, 0.2) is 17.5 Å². The molecule has 0 spiro atoms. The van der Waals surface area contributed by atoms with Crippen LogP contribution < -0.4 is 5.73 Å². The number of alkyl halides is 2. The van der Waals surface area contributed by atoms with Crippen molar-refractivity contribution in [3.63, 3.8) is 0 Å². The monoisotopic (exact) mass is 271 g/mol. The number of esters is 1. The number of ether oxygens (including phenoxy) is 1. The Morgan fingerprint density at radius 3 is 2.75 bits per heavy atom. The topological polar surface area (TPSA) is 52.3 Å². The average Bonchev–Trinajstić information content (AvgIpc) is 2.69. The molecule has 0 radical (unpaired) electrons. The van der Waals surface area contributed by atoms with Crippen LogP contribution in [0.2, 0.25) is 0 Å². The summed E-state index contributed by atoms with van der Waals surface area (Å²) < 4.78 is 31.0. The minimum absolute atomic E-state index is 0. The van der Waals surface area contributed by atoms with Crippen molar-refractivity contribution >= 4 is 29.7 Å². The molecule has 0 saturated heterocycles. The normalized spacial score (nSPS) is 12.8. The lowest BCUT2D eigenvalue weighted by Crippen LogP contribution is -2.41. The summed E-state index contributed by atoms with van der Waals surface area (Å²) >= 11 is 1.08. The maximum absolute atomic E-state index is 13.4. The van der Waals surface area contributed by atoms with Crippen molar-refractivity contribution < 1.29 is 18.3 Å². The molecule has 2 N–H and O–H groups in total. The van der Waals surface area contributed by atoms with Crippen LogP contribution in [0.3, 0.4) is 0 Å². The van der Waals surface area contributed by atoms with Crippen molar-refractivity contribution in [2.45, 2.75) is 18.9 Å². The van der Waals surface area contributed by atoms with E-state index in [-0.39, 0.29) is 23.9 Å². The van der Waals surface area contributed by atoms with Crippen LogP contribution >= 0.6 is 23.7 Å². The summed E-state index contributed by atoms with van der Waals surface area (Å²) in [7, 11) is 0. The van der Waals surface area contributed by atoms with Gasteiger partial charge in [-0.2, -0.15) is 8.78 Å².